The molecular weight excluding hydrogens is 378 g/mol. The Labute approximate surface area is 180 Å². The predicted octanol–water partition coefficient (Wildman–Crippen LogP) is 4.68. The van der Waals surface area contributed by atoms with Crippen LogP contribution in [0.15, 0.2) is 35.9 Å². The summed E-state index contributed by atoms with van der Waals surface area (Å²) in [4.78, 5) is 5.29. The molecular formula is C24H33N3OS. The highest BCUT2D eigenvalue weighted by Gasteiger charge is 2.46. The van der Waals surface area contributed by atoms with Crippen LogP contribution in [0.25, 0.3) is 0 Å². The van der Waals surface area contributed by atoms with E-state index in [9.17, 15) is 0 Å². The van der Waals surface area contributed by atoms with Gasteiger partial charge in [-0.05, 0) is 93.9 Å². The average Bonchev–Trinajstić information content (AvgIpc) is 2.75. The fraction of sp³-hybridized carbons (Fsp3) is 0.625. The number of hydrogen-bond acceptors (Lipinski definition) is 3. The van der Waals surface area contributed by atoms with Crippen molar-refractivity contribution >= 4 is 23.0 Å². The van der Waals surface area contributed by atoms with Gasteiger partial charge in [0.25, 0.3) is 0 Å². The van der Waals surface area contributed by atoms with Crippen LogP contribution < -0.4 is 10.1 Å². The quantitative estimate of drug-likeness (QED) is 0.576. The van der Waals surface area contributed by atoms with E-state index in [2.05, 4.69) is 33.3 Å². The highest BCUT2D eigenvalue weighted by Crippen LogP contribution is 2.45. The predicted molar refractivity (Wildman–Crippen MR) is 122 cm³/mol. The van der Waals surface area contributed by atoms with Gasteiger partial charge in [0, 0.05) is 24.8 Å². The second-order valence-electron chi connectivity index (χ2n) is 9.09. The molecule has 5 rings (SSSR count). The van der Waals surface area contributed by atoms with Gasteiger partial charge >= 0.3 is 0 Å². The molecule has 3 fully saturated rings. The first-order chi connectivity index (χ1) is 14.2. The molecule has 0 saturated carbocycles. The minimum Gasteiger partial charge on any atom is -0.494 e. The highest BCUT2D eigenvalue weighted by molar-refractivity contribution is 7.80. The van der Waals surface area contributed by atoms with Gasteiger partial charge in [-0.15, -0.1) is 0 Å². The smallest absolute Gasteiger partial charge is 0.173 e. The van der Waals surface area contributed by atoms with Crippen LogP contribution in [0.3, 0.4) is 0 Å². The van der Waals surface area contributed by atoms with Gasteiger partial charge in [-0.2, -0.15) is 0 Å². The van der Waals surface area contributed by atoms with Crippen molar-refractivity contribution in [3.63, 3.8) is 0 Å². The number of hydrogen-bond donors (Lipinski definition) is 1. The minimum absolute atomic E-state index is 0.491. The maximum Gasteiger partial charge on any atom is 0.173 e. The van der Waals surface area contributed by atoms with Crippen molar-refractivity contribution in [1.82, 2.24) is 9.80 Å². The summed E-state index contributed by atoms with van der Waals surface area (Å²) in [5.41, 5.74) is 2.71. The standard InChI is InChI=1S/C24H33N3OS/c1-2-28-21-10-8-20(9-11-21)25-24(29)27-13-5-6-17-14-18-15-19(23(17)27)16-26-12-4-3-7-22(18)26/h8-11,14,18-19,22-23H,2-7,12-13,15-16H2,1H3,(H,25,29)/t18-,19+,22-,23-/m1/s1. The third-order valence-electron chi connectivity index (χ3n) is 7.33. The Hall–Kier alpha value is -1.59. The minimum atomic E-state index is 0.491. The molecule has 1 aromatic carbocycles. The Bertz CT molecular complexity index is 777. The zero-order valence-corrected chi connectivity index (χ0v) is 18.3. The van der Waals surface area contributed by atoms with Gasteiger partial charge in [-0.3, -0.25) is 4.90 Å². The van der Waals surface area contributed by atoms with E-state index in [1.54, 1.807) is 5.57 Å². The van der Waals surface area contributed by atoms with Crippen molar-refractivity contribution in [3.8, 4) is 5.75 Å². The van der Waals surface area contributed by atoms with Crippen molar-refractivity contribution in [1.29, 1.82) is 0 Å². The Kier molecular flexibility index (Phi) is 5.53. The molecule has 0 aromatic heterocycles. The van der Waals surface area contributed by atoms with Crippen molar-refractivity contribution in [3.05, 3.63) is 35.9 Å². The summed E-state index contributed by atoms with van der Waals surface area (Å²) in [6, 6.07) is 9.45. The molecule has 0 amide bonds. The number of nitrogens with one attached hydrogen (secondary N) is 1. The SMILES string of the molecule is CCOc1ccc(NC(=S)N2CCCC3=C[C@@H]4C[C@@H](CN5CCCC[C@H]45)[C@@H]32)cc1. The maximum absolute atomic E-state index is 5.91. The molecule has 4 atom stereocenters. The highest BCUT2D eigenvalue weighted by atomic mass is 32.1. The molecule has 1 aromatic rings. The molecule has 156 valence electrons. The molecule has 4 nitrogen and oxygen atoms in total. The summed E-state index contributed by atoms with van der Waals surface area (Å²) in [7, 11) is 0. The molecule has 3 saturated heterocycles. The number of piperidine rings is 3. The summed E-state index contributed by atoms with van der Waals surface area (Å²) >= 11 is 5.91. The number of anilines is 1. The van der Waals surface area contributed by atoms with Crippen LogP contribution in [0, 0.1) is 11.8 Å². The van der Waals surface area contributed by atoms with Gasteiger partial charge in [0.05, 0.1) is 12.6 Å². The lowest BCUT2D eigenvalue weighted by atomic mass is 9.68. The third kappa shape index (κ3) is 3.79. The van der Waals surface area contributed by atoms with E-state index in [1.807, 2.05) is 19.1 Å². The van der Waals surface area contributed by atoms with E-state index in [-0.39, 0.29) is 0 Å². The van der Waals surface area contributed by atoms with Crippen LogP contribution in [0.5, 0.6) is 5.75 Å². The number of rotatable bonds is 3. The van der Waals surface area contributed by atoms with Crippen LogP contribution in [0.2, 0.25) is 0 Å². The Morgan fingerprint density at radius 1 is 1.17 bits per heavy atom. The fourth-order valence-corrected chi connectivity index (χ4v) is 6.52. The summed E-state index contributed by atoms with van der Waals surface area (Å²) < 4.78 is 5.56. The van der Waals surface area contributed by atoms with Gasteiger partial charge in [-0.1, -0.05) is 18.1 Å². The molecule has 0 unspecified atom stereocenters. The van der Waals surface area contributed by atoms with Crippen LogP contribution >= 0.6 is 12.2 Å². The van der Waals surface area contributed by atoms with E-state index in [0.29, 0.717) is 12.6 Å². The van der Waals surface area contributed by atoms with Gasteiger partial charge in [0.2, 0.25) is 0 Å². The van der Waals surface area contributed by atoms with Crippen LogP contribution in [-0.4, -0.2) is 53.2 Å². The third-order valence-corrected chi connectivity index (χ3v) is 7.67. The van der Waals surface area contributed by atoms with Crippen LogP contribution in [0.4, 0.5) is 5.69 Å². The number of fused-ring (bicyclic) bond motifs is 6. The van der Waals surface area contributed by atoms with Crippen molar-refractivity contribution in [2.24, 2.45) is 11.8 Å². The summed E-state index contributed by atoms with van der Waals surface area (Å²) in [6.45, 7) is 6.31. The number of likely N-dealkylation sites (tertiary alicyclic amines) is 1. The molecule has 1 aliphatic carbocycles. The van der Waals surface area contributed by atoms with E-state index in [0.717, 1.165) is 41.0 Å². The Balaban J connectivity index is 1.33. The van der Waals surface area contributed by atoms with E-state index in [4.69, 9.17) is 17.0 Å². The normalized spacial score (nSPS) is 31.3. The fourth-order valence-electron chi connectivity index (χ4n) is 6.20. The zero-order valence-electron chi connectivity index (χ0n) is 17.5. The topological polar surface area (TPSA) is 27.7 Å². The molecule has 2 bridgehead atoms. The second kappa shape index (κ2) is 8.27. The van der Waals surface area contributed by atoms with E-state index in [1.165, 1.54) is 51.6 Å². The largest absolute Gasteiger partial charge is 0.494 e. The monoisotopic (exact) mass is 411 g/mol. The first-order valence-electron chi connectivity index (χ1n) is 11.5. The molecule has 29 heavy (non-hydrogen) atoms. The number of nitrogens with zero attached hydrogens (tertiary/aromatic N) is 2. The lowest BCUT2D eigenvalue weighted by Gasteiger charge is -2.55. The first kappa shape index (κ1) is 19.4. The maximum atomic E-state index is 5.91. The summed E-state index contributed by atoms with van der Waals surface area (Å²) in [5.74, 6) is 2.39. The van der Waals surface area contributed by atoms with Gasteiger partial charge < -0.3 is 15.0 Å². The Morgan fingerprint density at radius 2 is 2.03 bits per heavy atom. The number of thiocarbonyl (C=S) groups is 1. The van der Waals surface area contributed by atoms with Crippen molar-refractivity contribution < 1.29 is 4.74 Å². The van der Waals surface area contributed by atoms with Crippen LogP contribution in [-0.2, 0) is 0 Å². The van der Waals surface area contributed by atoms with Gasteiger partial charge in [0.15, 0.2) is 5.11 Å². The first-order valence-corrected chi connectivity index (χ1v) is 11.9. The Morgan fingerprint density at radius 3 is 2.86 bits per heavy atom. The molecule has 0 radical (unpaired) electrons. The molecule has 0 spiro atoms. The van der Waals surface area contributed by atoms with Crippen LogP contribution in [0.1, 0.15) is 45.4 Å². The van der Waals surface area contributed by atoms with Gasteiger partial charge in [-0.25, -0.2) is 0 Å². The zero-order chi connectivity index (χ0) is 19.8. The number of ether oxygens (including phenoxy) is 1. The number of benzene rings is 1. The van der Waals surface area contributed by atoms with Gasteiger partial charge in [0.1, 0.15) is 5.75 Å². The molecule has 4 aliphatic rings. The average molecular weight is 412 g/mol. The summed E-state index contributed by atoms with van der Waals surface area (Å²) in [6.07, 6.45) is 10.7. The molecule has 5 heteroatoms. The van der Waals surface area contributed by atoms with Crippen molar-refractivity contribution in [2.75, 3.05) is 31.6 Å². The lowest BCUT2D eigenvalue weighted by molar-refractivity contribution is 0.0132. The van der Waals surface area contributed by atoms with Crippen molar-refractivity contribution in [2.45, 2.75) is 57.5 Å². The second-order valence-corrected chi connectivity index (χ2v) is 9.48. The van der Waals surface area contributed by atoms with E-state index < -0.39 is 0 Å². The lowest BCUT2D eigenvalue weighted by Crippen LogP contribution is -2.60. The molecule has 3 heterocycles. The van der Waals surface area contributed by atoms with E-state index >= 15 is 0 Å². The molecule has 3 aliphatic heterocycles. The summed E-state index contributed by atoms with van der Waals surface area (Å²) in [5, 5.41) is 4.38. The molecule has 1 N–H and O–H groups in total.